The van der Waals surface area contributed by atoms with Crippen molar-refractivity contribution in [2.45, 2.75) is 19.6 Å². The molecular weight excluding hydrogens is 336 g/mol. The van der Waals surface area contributed by atoms with Crippen LogP contribution < -0.4 is 0 Å². The molecule has 0 atom stereocenters. The van der Waals surface area contributed by atoms with Crippen molar-refractivity contribution in [1.82, 2.24) is 0 Å². The van der Waals surface area contributed by atoms with Gasteiger partial charge in [-0.3, -0.25) is 0 Å². The first-order chi connectivity index (χ1) is 10.9. The van der Waals surface area contributed by atoms with Gasteiger partial charge in [0.1, 0.15) is 20.4 Å². The molecule has 0 aromatic carbocycles. The molecule has 12 heteroatoms. The highest BCUT2D eigenvalue weighted by Gasteiger charge is 2.20. The van der Waals surface area contributed by atoms with E-state index in [1.54, 1.807) is 0 Å². The summed E-state index contributed by atoms with van der Waals surface area (Å²) < 4.78 is 0. The van der Waals surface area contributed by atoms with E-state index in [1.165, 1.54) is 0 Å². The maximum Gasteiger partial charge on any atom is 0.331 e. The van der Waals surface area contributed by atoms with E-state index < -0.39 is 38.1 Å². The molecule has 0 heterocycles. The Bertz CT molecular complexity index is 349. The SMILES string of the molecule is CC(=CC(O)(O)C=C(C)C(=O)O)C(=O)O.OCO.OCO.OCO. The van der Waals surface area contributed by atoms with Crippen LogP contribution in [0.2, 0.25) is 0 Å². The van der Waals surface area contributed by atoms with Gasteiger partial charge in [0.25, 0.3) is 0 Å². The van der Waals surface area contributed by atoms with E-state index in [1.807, 2.05) is 0 Å². The molecule has 0 bridgehead atoms. The highest BCUT2D eigenvalue weighted by atomic mass is 16.5. The number of carboxylic acids is 2. The zero-order valence-electron chi connectivity index (χ0n) is 13.1. The second-order valence-corrected chi connectivity index (χ2v) is 3.47. The predicted octanol–water partition coefficient (Wildman–Crippen LogP) is -3.49. The third-order valence-electron chi connectivity index (χ3n) is 1.53. The number of carboxylic acid groups (broad SMARTS) is 2. The Balaban J connectivity index is -0.000000184. The molecule has 24 heavy (non-hydrogen) atoms. The van der Waals surface area contributed by atoms with Crippen molar-refractivity contribution in [3.05, 3.63) is 23.3 Å². The molecule has 0 unspecified atom stereocenters. The van der Waals surface area contributed by atoms with Crippen LogP contribution in [0.3, 0.4) is 0 Å². The second kappa shape index (κ2) is 19.1. The van der Waals surface area contributed by atoms with Crippen LogP contribution >= 0.6 is 0 Å². The Labute approximate surface area is 137 Å². The lowest BCUT2D eigenvalue weighted by molar-refractivity contribution is -0.133. The average Bonchev–Trinajstić information content (AvgIpc) is 2.39. The van der Waals surface area contributed by atoms with Gasteiger partial charge in [-0.25, -0.2) is 9.59 Å². The van der Waals surface area contributed by atoms with Crippen molar-refractivity contribution < 1.29 is 60.7 Å². The van der Waals surface area contributed by atoms with Gasteiger partial charge < -0.3 is 51.1 Å². The predicted molar refractivity (Wildman–Crippen MR) is 77.9 cm³/mol. The first-order valence-electron chi connectivity index (χ1n) is 5.85. The van der Waals surface area contributed by atoms with Gasteiger partial charge in [0.05, 0.1) is 0 Å². The molecule has 0 spiro atoms. The van der Waals surface area contributed by atoms with Crippen molar-refractivity contribution in [3.63, 3.8) is 0 Å². The van der Waals surface area contributed by atoms with Crippen LogP contribution in [0.4, 0.5) is 0 Å². The van der Waals surface area contributed by atoms with E-state index in [-0.39, 0.29) is 11.1 Å². The Morgan fingerprint density at radius 3 is 1.00 bits per heavy atom. The zero-order chi connectivity index (χ0) is 20.3. The summed E-state index contributed by atoms with van der Waals surface area (Å²) in [5.74, 6) is -5.21. The maximum absolute atomic E-state index is 10.4. The highest BCUT2D eigenvalue weighted by molar-refractivity contribution is 5.87. The average molecular weight is 360 g/mol. The first kappa shape index (κ1) is 30.0. The van der Waals surface area contributed by atoms with Gasteiger partial charge >= 0.3 is 11.9 Å². The molecule has 0 aromatic heterocycles. The molecule has 0 rings (SSSR count). The fourth-order valence-electron chi connectivity index (χ4n) is 0.802. The third kappa shape index (κ3) is 28.3. The number of aliphatic carboxylic acids is 2. The Kier molecular flexibility index (Phi) is 24.0. The van der Waals surface area contributed by atoms with Crippen molar-refractivity contribution in [2.75, 3.05) is 20.4 Å². The lowest BCUT2D eigenvalue weighted by Gasteiger charge is -2.13. The van der Waals surface area contributed by atoms with E-state index in [2.05, 4.69) is 0 Å². The number of hydrogen-bond donors (Lipinski definition) is 10. The molecule has 0 radical (unpaired) electrons. The molecule has 0 aromatic rings. The van der Waals surface area contributed by atoms with Crippen molar-refractivity contribution in [1.29, 1.82) is 0 Å². The lowest BCUT2D eigenvalue weighted by atomic mass is 10.1. The molecule has 0 saturated heterocycles. The molecule has 12 nitrogen and oxygen atoms in total. The van der Waals surface area contributed by atoms with Crippen molar-refractivity contribution >= 4 is 11.9 Å². The largest absolute Gasteiger partial charge is 0.478 e. The molecule has 0 aliphatic heterocycles. The van der Waals surface area contributed by atoms with Crippen LogP contribution in [-0.4, -0.2) is 89.2 Å². The van der Waals surface area contributed by atoms with Gasteiger partial charge in [0.2, 0.25) is 5.79 Å². The Hall–Kier alpha value is -1.90. The normalized spacial score (nSPS) is 10.9. The lowest BCUT2D eigenvalue weighted by Crippen LogP contribution is -2.24. The van der Waals surface area contributed by atoms with Gasteiger partial charge in [-0.2, -0.15) is 0 Å². The van der Waals surface area contributed by atoms with E-state index in [9.17, 15) is 19.8 Å². The molecule has 0 aliphatic carbocycles. The summed E-state index contributed by atoms with van der Waals surface area (Å²) in [7, 11) is 0. The molecule has 0 aliphatic rings. The molecule has 0 saturated carbocycles. The summed E-state index contributed by atoms with van der Waals surface area (Å²) in [5, 5.41) is 78.1. The number of rotatable bonds is 4. The van der Waals surface area contributed by atoms with Gasteiger partial charge in [-0.05, 0) is 26.0 Å². The van der Waals surface area contributed by atoms with E-state index in [0.717, 1.165) is 13.8 Å². The second-order valence-electron chi connectivity index (χ2n) is 3.47. The van der Waals surface area contributed by atoms with Crippen LogP contribution in [0.25, 0.3) is 0 Å². The number of carbonyl (C=O) groups is 2. The highest BCUT2D eigenvalue weighted by Crippen LogP contribution is 2.11. The monoisotopic (exact) mass is 360 g/mol. The summed E-state index contributed by atoms with van der Waals surface area (Å²) in [6.45, 7) is 0.0704. The number of aliphatic hydroxyl groups excluding tert-OH is 3. The van der Waals surface area contributed by atoms with Crippen molar-refractivity contribution in [3.8, 4) is 0 Å². The summed E-state index contributed by atoms with van der Waals surface area (Å²) in [5.41, 5.74) is -0.594. The minimum Gasteiger partial charge on any atom is -0.478 e. The summed E-state index contributed by atoms with van der Waals surface area (Å²) in [4.78, 5) is 20.7. The van der Waals surface area contributed by atoms with Crippen LogP contribution in [0.1, 0.15) is 13.8 Å². The minimum absolute atomic E-state index is 0.297. The summed E-state index contributed by atoms with van der Waals surface area (Å²) in [6.07, 6.45) is 1.28. The molecular formula is C12H24O12. The quantitative estimate of drug-likeness (QED) is 0.174. The third-order valence-corrected chi connectivity index (χ3v) is 1.53. The van der Waals surface area contributed by atoms with Crippen LogP contribution in [0.15, 0.2) is 23.3 Å². The summed E-state index contributed by atoms with van der Waals surface area (Å²) in [6, 6.07) is 0. The van der Waals surface area contributed by atoms with Crippen LogP contribution in [-0.2, 0) is 9.59 Å². The number of aliphatic hydroxyl groups is 8. The van der Waals surface area contributed by atoms with Gasteiger partial charge in [0, 0.05) is 11.1 Å². The fourth-order valence-corrected chi connectivity index (χ4v) is 0.802. The standard InChI is InChI=1S/C9H12O6.3CH4O2/c1-5(7(10)11)3-9(14,15)4-6(2)8(12)13;3*2-1-3/h3-4,14-15H,1-2H3,(H,10,11)(H,12,13);3*2-3H,1H2. The molecule has 10 N–H and O–H groups in total. The van der Waals surface area contributed by atoms with E-state index in [0.29, 0.717) is 12.2 Å². The van der Waals surface area contributed by atoms with Gasteiger partial charge in [-0.15, -0.1) is 0 Å². The maximum atomic E-state index is 10.4. The van der Waals surface area contributed by atoms with E-state index in [4.69, 9.17) is 40.9 Å². The molecule has 144 valence electrons. The zero-order valence-corrected chi connectivity index (χ0v) is 13.1. The topological polar surface area (TPSA) is 236 Å². The van der Waals surface area contributed by atoms with Crippen LogP contribution in [0, 0.1) is 0 Å². The summed E-state index contributed by atoms with van der Waals surface area (Å²) >= 11 is 0. The fraction of sp³-hybridized carbons (Fsp3) is 0.500. The van der Waals surface area contributed by atoms with Gasteiger partial charge in [0.15, 0.2) is 0 Å². The van der Waals surface area contributed by atoms with Crippen LogP contribution in [0.5, 0.6) is 0 Å². The number of hydrogen-bond acceptors (Lipinski definition) is 10. The Morgan fingerprint density at radius 2 is 0.875 bits per heavy atom. The minimum atomic E-state index is -2.58. The molecule has 0 amide bonds. The molecule has 0 fully saturated rings. The van der Waals surface area contributed by atoms with Crippen molar-refractivity contribution in [2.24, 2.45) is 0 Å². The Morgan fingerprint density at radius 1 is 0.708 bits per heavy atom. The first-order valence-corrected chi connectivity index (χ1v) is 5.85. The van der Waals surface area contributed by atoms with Gasteiger partial charge in [-0.1, -0.05) is 0 Å². The van der Waals surface area contributed by atoms with E-state index >= 15 is 0 Å². The smallest absolute Gasteiger partial charge is 0.331 e.